The Morgan fingerprint density at radius 3 is 2.46 bits per heavy atom. The molecule has 0 bridgehead atoms. The van der Waals surface area contributed by atoms with Crippen molar-refractivity contribution >= 4 is 23.5 Å². The SMILES string of the molecule is C=CCOC(=O)[C@@H](Cc1ccccc1)NC(=O)c1ccccc1Cl. The van der Waals surface area contributed by atoms with Gasteiger partial charge in [0.1, 0.15) is 12.6 Å². The first-order valence-corrected chi connectivity index (χ1v) is 7.86. The van der Waals surface area contributed by atoms with Gasteiger partial charge in [-0.3, -0.25) is 4.79 Å². The summed E-state index contributed by atoms with van der Waals surface area (Å²) >= 11 is 6.04. The van der Waals surface area contributed by atoms with Crippen LogP contribution in [0.25, 0.3) is 0 Å². The Bertz CT molecular complexity index is 716. The van der Waals surface area contributed by atoms with Crippen LogP contribution in [-0.2, 0) is 16.0 Å². The molecule has 0 spiro atoms. The molecule has 0 saturated heterocycles. The summed E-state index contributed by atoms with van der Waals surface area (Å²) in [6.45, 7) is 3.60. The van der Waals surface area contributed by atoms with Crippen molar-refractivity contribution in [2.24, 2.45) is 0 Å². The Balaban J connectivity index is 2.15. The highest BCUT2D eigenvalue weighted by molar-refractivity contribution is 6.33. The molecule has 0 aliphatic carbocycles. The van der Waals surface area contributed by atoms with Gasteiger partial charge in [0.15, 0.2) is 0 Å². The molecule has 124 valence electrons. The number of halogens is 1. The lowest BCUT2D eigenvalue weighted by molar-refractivity contribution is -0.144. The van der Waals surface area contributed by atoms with E-state index in [0.717, 1.165) is 5.56 Å². The molecule has 0 aromatic heterocycles. The lowest BCUT2D eigenvalue weighted by Crippen LogP contribution is -2.43. The molecule has 2 rings (SSSR count). The second-order valence-corrected chi connectivity index (χ2v) is 5.52. The van der Waals surface area contributed by atoms with E-state index in [1.807, 2.05) is 30.3 Å². The molecule has 0 unspecified atom stereocenters. The van der Waals surface area contributed by atoms with E-state index in [4.69, 9.17) is 16.3 Å². The summed E-state index contributed by atoms with van der Waals surface area (Å²) < 4.78 is 5.09. The van der Waals surface area contributed by atoms with Gasteiger partial charge < -0.3 is 10.1 Å². The lowest BCUT2D eigenvalue weighted by Gasteiger charge is -2.18. The van der Waals surface area contributed by atoms with Gasteiger partial charge in [0, 0.05) is 6.42 Å². The molecule has 2 aromatic rings. The predicted octanol–water partition coefficient (Wildman–Crippen LogP) is 3.41. The Kier molecular flexibility index (Phi) is 6.58. The molecule has 2 aromatic carbocycles. The van der Waals surface area contributed by atoms with E-state index >= 15 is 0 Å². The molecule has 1 atom stereocenters. The van der Waals surface area contributed by atoms with Gasteiger partial charge >= 0.3 is 5.97 Å². The van der Waals surface area contributed by atoms with Gasteiger partial charge in [-0.05, 0) is 17.7 Å². The fourth-order valence-corrected chi connectivity index (χ4v) is 2.39. The van der Waals surface area contributed by atoms with Crippen LogP contribution in [-0.4, -0.2) is 24.5 Å². The normalized spacial score (nSPS) is 11.4. The molecule has 1 N–H and O–H groups in total. The third-order valence-electron chi connectivity index (χ3n) is 3.33. The smallest absolute Gasteiger partial charge is 0.329 e. The topological polar surface area (TPSA) is 55.4 Å². The molecule has 0 aliphatic heterocycles. The van der Waals surface area contributed by atoms with Crippen molar-refractivity contribution in [3.63, 3.8) is 0 Å². The number of carbonyl (C=O) groups excluding carboxylic acids is 2. The van der Waals surface area contributed by atoms with Crippen molar-refractivity contribution in [2.45, 2.75) is 12.5 Å². The Labute approximate surface area is 146 Å². The van der Waals surface area contributed by atoms with Gasteiger partial charge in [-0.25, -0.2) is 4.79 Å². The summed E-state index contributed by atoms with van der Waals surface area (Å²) in [6.07, 6.45) is 1.81. The average Bonchev–Trinajstić information content (AvgIpc) is 2.60. The molecule has 0 aliphatic rings. The first kappa shape index (κ1) is 17.8. The Morgan fingerprint density at radius 2 is 1.79 bits per heavy atom. The maximum atomic E-state index is 12.4. The minimum atomic E-state index is -0.809. The highest BCUT2D eigenvalue weighted by atomic mass is 35.5. The molecule has 0 saturated carbocycles. The number of rotatable bonds is 7. The minimum Gasteiger partial charge on any atom is -0.460 e. The van der Waals surface area contributed by atoms with Crippen LogP contribution in [0.15, 0.2) is 67.3 Å². The number of hydrogen-bond donors (Lipinski definition) is 1. The predicted molar refractivity (Wildman–Crippen MR) is 94.0 cm³/mol. The number of hydrogen-bond acceptors (Lipinski definition) is 3. The number of nitrogens with one attached hydrogen (secondary N) is 1. The summed E-state index contributed by atoms with van der Waals surface area (Å²) in [5.41, 5.74) is 1.23. The number of ether oxygens (including phenoxy) is 1. The molecule has 0 radical (unpaired) electrons. The van der Waals surface area contributed by atoms with Crippen molar-refractivity contribution in [1.29, 1.82) is 0 Å². The maximum Gasteiger partial charge on any atom is 0.329 e. The number of benzene rings is 2. The third kappa shape index (κ3) is 4.96. The molecule has 0 fully saturated rings. The number of carbonyl (C=O) groups is 2. The van der Waals surface area contributed by atoms with Gasteiger partial charge in [-0.1, -0.05) is 66.7 Å². The van der Waals surface area contributed by atoms with E-state index in [1.165, 1.54) is 6.08 Å². The van der Waals surface area contributed by atoms with Crippen molar-refractivity contribution < 1.29 is 14.3 Å². The second-order valence-electron chi connectivity index (χ2n) is 5.11. The molecule has 4 nitrogen and oxygen atoms in total. The van der Waals surface area contributed by atoms with Crippen LogP contribution in [0.2, 0.25) is 5.02 Å². The zero-order chi connectivity index (χ0) is 17.4. The van der Waals surface area contributed by atoms with E-state index < -0.39 is 17.9 Å². The van der Waals surface area contributed by atoms with E-state index in [-0.39, 0.29) is 6.61 Å². The third-order valence-corrected chi connectivity index (χ3v) is 3.66. The van der Waals surface area contributed by atoms with Crippen molar-refractivity contribution in [3.8, 4) is 0 Å². The molecule has 5 heteroatoms. The van der Waals surface area contributed by atoms with Crippen LogP contribution in [0.4, 0.5) is 0 Å². The van der Waals surface area contributed by atoms with Crippen LogP contribution in [0.3, 0.4) is 0 Å². The van der Waals surface area contributed by atoms with Crippen LogP contribution in [0.1, 0.15) is 15.9 Å². The quantitative estimate of drug-likeness (QED) is 0.619. The van der Waals surface area contributed by atoms with Gasteiger partial charge in [0.05, 0.1) is 10.6 Å². The summed E-state index contributed by atoms with van der Waals surface area (Å²) in [6, 6.07) is 15.3. The zero-order valence-electron chi connectivity index (χ0n) is 13.1. The fourth-order valence-electron chi connectivity index (χ4n) is 2.17. The largest absolute Gasteiger partial charge is 0.460 e. The Hall–Kier alpha value is -2.59. The molecular weight excluding hydrogens is 326 g/mol. The van der Waals surface area contributed by atoms with Gasteiger partial charge in [-0.15, -0.1) is 0 Å². The molecular formula is C19H18ClNO3. The maximum absolute atomic E-state index is 12.4. The number of esters is 1. The molecule has 24 heavy (non-hydrogen) atoms. The fraction of sp³-hybridized carbons (Fsp3) is 0.158. The first-order chi connectivity index (χ1) is 11.6. The highest BCUT2D eigenvalue weighted by Gasteiger charge is 2.24. The van der Waals surface area contributed by atoms with E-state index in [1.54, 1.807) is 24.3 Å². The minimum absolute atomic E-state index is 0.0894. The van der Waals surface area contributed by atoms with Crippen LogP contribution in [0, 0.1) is 0 Å². The summed E-state index contributed by atoms with van der Waals surface area (Å²) in [4.78, 5) is 24.7. The average molecular weight is 344 g/mol. The Morgan fingerprint density at radius 1 is 1.12 bits per heavy atom. The van der Waals surface area contributed by atoms with Gasteiger partial charge in [-0.2, -0.15) is 0 Å². The lowest BCUT2D eigenvalue weighted by atomic mass is 10.1. The van der Waals surface area contributed by atoms with Gasteiger partial charge in [0.25, 0.3) is 5.91 Å². The summed E-state index contributed by atoms with van der Waals surface area (Å²) in [5.74, 6) is -0.934. The monoisotopic (exact) mass is 343 g/mol. The standard InChI is InChI=1S/C19H18ClNO3/c1-2-12-24-19(23)17(13-14-8-4-3-5-9-14)21-18(22)15-10-6-7-11-16(15)20/h2-11,17H,1,12-13H2,(H,21,22)/t17-/m1/s1. The molecule has 0 heterocycles. The highest BCUT2D eigenvalue weighted by Crippen LogP contribution is 2.15. The van der Waals surface area contributed by atoms with E-state index in [0.29, 0.717) is 17.0 Å². The summed E-state index contributed by atoms with van der Waals surface area (Å²) in [5, 5.41) is 3.03. The van der Waals surface area contributed by atoms with Crippen molar-refractivity contribution in [3.05, 3.63) is 83.4 Å². The zero-order valence-corrected chi connectivity index (χ0v) is 13.8. The van der Waals surface area contributed by atoms with E-state index in [2.05, 4.69) is 11.9 Å². The number of amides is 1. The van der Waals surface area contributed by atoms with E-state index in [9.17, 15) is 9.59 Å². The van der Waals surface area contributed by atoms with Gasteiger partial charge in [0.2, 0.25) is 0 Å². The van der Waals surface area contributed by atoms with Crippen molar-refractivity contribution in [2.75, 3.05) is 6.61 Å². The summed E-state index contributed by atoms with van der Waals surface area (Å²) in [7, 11) is 0. The van der Waals surface area contributed by atoms with Crippen molar-refractivity contribution in [1.82, 2.24) is 5.32 Å². The first-order valence-electron chi connectivity index (χ1n) is 7.48. The van der Waals surface area contributed by atoms with Crippen LogP contribution in [0.5, 0.6) is 0 Å². The van der Waals surface area contributed by atoms with Crippen LogP contribution < -0.4 is 5.32 Å². The van der Waals surface area contributed by atoms with Crippen LogP contribution >= 0.6 is 11.6 Å². The second kappa shape index (κ2) is 8.89. The molecule has 1 amide bonds.